The number of nitrogens with one attached hydrogen (secondary N) is 1. The number of nitrogens with zero attached hydrogens (tertiary/aromatic N) is 2. The Labute approximate surface area is 94.1 Å². The van der Waals surface area contributed by atoms with Crippen LogP contribution in [0.15, 0.2) is 0 Å². The average molecular weight is 227 g/mol. The van der Waals surface area contributed by atoms with Gasteiger partial charge < -0.3 is 10.1 Å². The average Bonchev–Trinajstić information content (AvgIpc) is 2.84. The Morgan fingerprint density at radius 3 is 3.07 bits per heavy atom. The van der Waals surface area contributed by atoms with Crippen molar-refractivity contribution in [3.8, 4) is 0 Å². The van der Waals surface area contributed by atoms with Crippen molar-refractivity contribution in [3.63, 3.8) is 0 Å². The third-order valence-corrected chi connectivity index (χ3v) is 3.83. The molecule has 15 heavy (non-hydrogen) atoms. The zero-order valence-corrected chi connectivity index (χ0v) is 10.1. The summed E-state index contributed by atoms with van der Waals surface area (Å²) in [5.74, 6) is 0. The highest BCUT2D eigenvalue weighted by molar-refractivity contribution is 7.11. The van der Waals surface area contributed by atoms with E-state index in [0.29, 0.717) is 0 Å². The zero-order valence-electron chi connectivity index (χ0n) is 9.25. The van der Waals surface area contributed by atoms with Gasteiger partial charge in [0, 0.05) is 13.2 Å². The minimum absolute atomic E-state index is 0.178. The summed E-state index contributed by atoms with van der Waals surface area (Å²) in [6.07, 6.45) is 2.18. The molecule has 0 spiro atoms. The van der Waals surface area contributed by atoms with Crippen LogP contribution in [0.3, 0.4) is 0 Å². The predicted octanol–water partition coefficient (Wildman–Crippen LogP) is 1.67. The van der Waals surface area contributed by atoms with Gasteiger partial charge in [-0.1, -0.05) is 18.3 Å². The number of rotatable bonds is 4. The SMILES string of the molecule is CCNCc1nnc(C2(C)CCCO2)s1. The molecule has 1 fully saturated rings. The van der Waals surface area contributed by atoms with Crippen molar-refractivity contribution in [2.24, 2.45) is 0 Å². The maximum Gasteiger partial charge on any atom is 0.149 e. The van der Waals surface area contributed by atoms with E-state index in [1.54, 1.807) is 11.3 Å². The molecule has 0 saturated carbocycles. The van der Waals surface area contributed by atoms with E-state index in [4.69, 9.17) is 4.74 Å². The summed E-state index contributed by atoms with van der Waals surface area (Å²) in [6.45, 7) is 6.81. The van der Waals surface area contributed by atoms with E-state index in [-0.39, 0.29) is 5.60 Å². The summed E-state index contributed by atoms with van der Waals surface area (Å²) >= 11 is 1.66. The van der Waals surface area contributed by atoms with E-state index >= 15 is 0 Å². The van der Waals surface area contributed by atoms with Crippen LogP contribution < -0.4 is 5.32 Å². The van der Waals surface area contributed by atoms with Gasteiger partial charge in [-0.3, -0.25) is 0 Å². The Kier molecular flexibility index (Phi) is 3.33. The van der Waals surface area contributed by atoms with Crippen LogP contribution in [0.25, 0.3) is 0 Å². The van der Waals surface area contributed by atoms with E-state index in [1.165, 1.54) is 0 Å². The smallest absolute Gasteiger partial charge is 0.149 e. The Hall–Kier alpha value is -0.520. The van der Waals surface area contributed by atoms with Crippen LogP contribution in [0.5, 0.6) is 0 Å². The molecule has 0 bridgehead atoms. The Bertz CT molecular complexity index is 320. The molecule has 1 aliphatic rings. The molecule has 2 rings (SSSR count). The number of ether oxygens (including phenoxy) is 1. The van der Waals surface area contributed by atoms with Gasteiger partial charge in [-0.15, -0.1) is 10.2 Å². The molecule has 0 aromatic carbocycles. The summed E-state index contributed by atoms with van der Waals surface area (Å²) in [5, 5.41) is 13.7. The standard InChI is InChI=1S/C10H17N3OS/c1-3-11-7-8-12-13-9(15-8)10(2)5-4-6-14-10/h11H,3-7H2,1-2H3. The van der Waals surface area contributed by atoms with E-state index < -0.39 is 0 Å². The third kappa shape index (κ3) is 2.35. The largest absolute Gasteiger partial charge is 0.368 e. The molecule has 1 atom stereocenters. The van der Waals surface area contributed by atoms with Crippen LogP contribution in [0.2, 0.25) is 0 Å². The lowest BCUT2D eigenvalue weighted by Gasteiger charge is -2.18. The van der Waals surface area contributed by atoms with Gasteiger partial charge in [0.25, 0.3) is 0 Å². The Balaban J connectivity index is 2.05. The lowest BCUT2D eigenvalue weighted by molar-refractivity contribution is 0.0161. The molecule has 1 N–H and O–H groups in total. The lowest BCUT2D eigenvalue weighted by Crippen LogP contribution is -2.19. The van der Waals surface area contributed by atoms with Gasteiger partial charge in [0.2, 0.25) is 0 Å². The fraction of sp³-hybridized carbons (Fsp3) is 0.800. The molecule has 0 aliphatic carbocycles. The highest BCUT2D eigenvalue weighted by Gasteiger charge is 2.35. The second kappa shape index (κ2) is 4.55. The second-order valence-corrected chi connectivity index (χ2v) is 5.03. The minimum atomic E-state index is -0.178. The summed E-state index contributed by atoms with van der Waals surface area (Å²) in [5.41, 5.74) is -0.178. The van der Waals surface area contributed by atoms with Gasteiger partial charge >= 0.3 is 0 Å². The van der Waals surface area contributed by atoms with Gasteiger partial charge in [0.05, 0.1) is 0 Å². The molecular formula is C10H17N3OS. The Morgan fingerprint density at radius 2 is 2.40 bits per heavy atom. The monoisotopic (exact) mass is 227 g/mol. The van der Waals surface area contributed by atoms with Gasteiger partial charge in [-0.05, 0) is 26.3 Å². The topological polar surface area (TPSA) is 47.0 Å². The Morgan fingerprint density at radius 1 is 1.53 bits per heavy atom. The molecule has 0 amide bonds. The van der Waals surface area contributed by atoms with Gasteiger partial charge in [0.15, 0.2) is 0 Å². The van der Waals surface area contributed by atoms with Crippen molar-refractivity contribution >= 4 is 11.3 Å². The van der Waals surface area contributed by atoms with Crippen LogP contribution in [0, 0.1) is 0 Å². The number of hydrogen-bond acceptors (Lipinski definition) is 5. The summed E-state index contributed by atoms with van der Waals surface area (Å²) < 4.78 is 5.73. The van der Waals surface area contributed by atoms with Gasteiger partial charge in [-0.25, -0.2) is 0 Å². The molecule has 1 aliphatic heterocycles. The molecule has 5 heteroatoms. The molecule has 1 aromatic rings. The van der Waals surface area contributed by atoms with Crippen molar-refractivity contribution in [1.82, 2.24) is 15.5 Å². The van der Waals surface area contributed by atoms with Crippen LogP contribution in [-0.2, 0) is 16.9 Å². The highest BCUT2D eigenvalue weighted by Crippen LogP contribution is 2.36. The van der Waals surface area contributed by atoms with Crippen LogP contribution >= 0.6 is 11.3 Å². The minimum Gasteiger partial charge on any atom is -0.368 e. The maximum atomic E-state index is 5.73. The van der Waals surface area contributed by atoms with Crippen molar-refractivity contribution in [1.29, 1.82) is 0 Å². The number of aromatic nitrogens is 2. The number of hydrogen-bond donors (Lipinski definition) is 1. The molecule has 4 nitrogen and oxygen atoms in total. The molecule has 1 saturated heterocycles. The van der Waals surface area contributed by atoms with Crippen LogP contribution in [0.4, 0.5) is 0 Å². The second-order valence-electron chi connectivity index (χ2n) is 3.96. The quantitative estimate of drug-likeness (QED) is 0.850. The molecule has 84 valence electrons. The normalized spacial score (nSPS) is 26.0. The fourth-order valence-electron chi connectivity index (χ4n) is 1.72. The summed E-state index contributed by atoms with van der Waals surface area (Å²) in [7, 11) is 0. The van der Waals surface area contributed by atoms with Gasteiger partial charge in [0.1, 0.15) is 15.6 Å². The molecular weight excluding hydrogens is 210 g/mol. The van der Waals surface area contributed by atoms with E-state index in [9.17, 15) is 0 Å². The molecule has 1 aromatic heterocycles. The van der Waals surface area contributed by atoms with Crippen molar-refractivity contribution in [2.75, 3.05) is 13.2 Å². The molecule has 2 heterocycles. The fourth-order valence-corrected chi connectivity index (χ4v) is 2.66. The van der Waals surface area contributed by atoms with E-state index in [2.05, 4.69) is 29.4 Å². The van der Waals surface area contributed by atoms with Gasteiger partial charge in [-0.2, -0.15) is 0 Å². The molecule has 1 unspecified atom stereocenters. The first-order valence-corrected chi connectivity index (χ1v) is 6.24. The van der Waals surface area contributed by atoms with Crippen molar-refractivity contribution in [3.05, 3.63) is 10.0 Å². The van der Waals surface area contributed by atoms with Crippen molar-refractivity contribution in [2.45, 2.75) is 38.8 Å². The lowest BCUT2D eigenvalue weighted by atomic mass is 10.0. The maximum absolute atomic E-state index is 5.73. The summed E-state index contributed by atoms with van der Waals surface area (Å²) in [4.78, 5) is 0. The van der Waals surface area contributed by atoms with Crippen molar-refractivity contribution < 1.29 is 4.74 Å². The predicted molar refractivity (Wildman–Crippen MR) is 59.8 cm³/mol. The van der Waals surface area contributed by atoms with E-state index in [1.807, 2.05) is 0 Å². The first kappa shape index (κ1) is 11.0. The first-order chi connectivity index (χ1) is 7.24. The van der Waals surface area contributed by atoms with Crippen LogP contribution in [0.1, 0.15) is 36.7 Å². The highest BCUT2D eigenvalue weighted by atomic mass is 32.1. The van der Waals surface area contributed by atoms with E-state index in [0.717, 1.165) is 42.6 Å². The summed E-state index contributed by atoms with van der Waals surface area (Å²) in [6, 6.07) is 0. The first-order valence-electron chi connectivity index (χ1n) is 5.42. The zero-order chi connectivity index (χ0) is 10.7. The van der Waals surface area contributed by atoms with Crippen LogP contribution in [-0.4, -0.2) is 23.3 Å². The third-order valence-electron chi connectivity index (χ3n) is 2.66. The molecule has 0 radical (unpaired) electrons.